The minimum Gasteiger partial charge on any atom is -0.479 e. The van der Waals surface area contributed by atoms with Crippen molar-refractivity contribution in [2.75, 3.05) is 20.2 Å². The molecule has 4 rings (SSSR count). The molecule has 1 saturated heterocycles. The van der Waals surface area contributed by atoms with E-state index in [-0.39, 0.29) is 17.4 Å². The summed E-state index contributed by atoms with van der Waals surface area (Å²) >= 11 is 0. The molecule has 1 aliphatic heterocycles. The van der Waals surface area contributed by atoms with Gasteiger partial charge in [-0.05, 0) is 24.9 Å². The maximum Gasteiger partial charge on any atom is 0.272 e. The van der Waals surface area contributed by atoms with Crippen molar-refractivity contribution >= 4 is 11.6 Å². The summed E-state index contributed by atoms with van der Waals surface area (Å²) in [6, 6.07) is 5.15. The zero-order valence-electron chi connectivity index (χ0n) is 16.0. The van der Waals surface area contributed by atoms with E-state index < -0.39 is 0 Å². The number of H-pyrrole nitrogens is 1. The number of methoxy groups -OCH3 is 1. The van der Waals surface area contributed by atoms with E-state index in [1.54, 1.807) is 6.07 Å². The molecule has 0 spiro atoms. The van der Waals surface area contributed by atoms with Gasteiger partial charge < -0.3 is 14.2 Å². The lowest BCUT2D eigenvalue weighted by atomic mass is 9.93. The third-order valence-corrected chi connectivity index (χ3v) is 5.22. The zero-order chi connectivity index (χ0) is 19.7. The minimum atomic E-state index is -0.106. The van der Waals surface area contributed by atoms with Gasteiger partial charge >= 0.3 is 0 Å². The topological polar surface area (TPSA) is 106 Å². The number of piperidine rings is 1. The first kappa shape index (κ1) is 18.3. The van der Waals surface area contributed by atoms with Crippen LogP contribution in [-0.4, -0.2) is 50.8 Å². The van der Waals surface area contributed by atoms with E-state index in [0.717, 1.165) is 18.5 Å². The number of carbonyl (C=O) groups is 1. The van der Waals surface area contributed by atoms with Crippen LogP contribution >= 0.6 is 0 Å². The highest BCUT2D eigenvalue weighted by molar-refractivity contribution is 5.76. The number of aromatic amines is 1. The van der Waals surface area contributed by atoms with E-state index in [1.807, 2.05) is 17.9 Å². The molecular formula is C19H23N5O4. The van der Waals surface area contributed by atoms with Crippen molar-refractivity contribution in [3.05, 3.63) is 45.7 Å². The quantitative estimate of drug-likeness (QED) is 0.716. The first-order valence-electron chi connectivity index (χ1n) is 9.40. The number of hydrogen-bond acceptors (Lipinski definition) is 6. The van der Waals surface area contributed by atoms with Gasteiger partial charge in [0, 0.05) is 61.4 Å². The maximum atomic E-state index is 12.5. The lowest BCUT2D eigenvalue weighted by Gasteiger charge is -2.31. The SMILES string of the molecule is COc1cc(CCC(=O)N2CCC(c3cc4nc(C)cc(=O)n4[nH]3)CC2)on1. The smallest absolute Gasteiger partial charge is 0.272 e. The largest absolute Gasteiger partial charge is 0.479 e. The Bertz CT molecular complexity index is 1040. The van der Waals surface area contributed by atoms with Crippen LogP contribution in [0.15, 0.2) is 27.5 Å². The van der Waals surface area contributed by atoms with E-state index in [9.17, 15) is 9.59 Å². The summed E-state index contributed by atoms with van der Waals surface area (Å²) in [7, 11) is 1.53. The molecule has 3 aromatic rings. The third kappa shape index (κ3) is 3.64. The number of aromatic nitrogens is 4. The van der Waals surface area contributed by atoms with Crippen LogP contribution in [0, 0.1) is 6.92 Å². The molecule has 0 bridgehead atoms. The first-order valence-corrected chi connectivity index (χ1v) is 9.40. The van der Waals surface area contributed by atoms with Gasteiger partial charge in [-0.15, -0.1) is 0 Å². The summed E-state index contributed by atoms with van der Waals surface area (Å²) in [6.45, 7) is 3.20. The molecule has 28 heavy (non-hydrogen) atoms. The lowest BCUT2D eigenvalue weighted by Crippen LogP contribution is -2.38. The highest BCUT2D eigenvalue weighted by Crippen LogP contribution is 2.28. The average molecular weight is 385 g/mol. The number of carbonyl (C=O) groups excluding carboxylic acids is 1. The molecule has 0 saturated carbocycles. The molecule has 0 aromatic carbocycles. The number of nitrogens with zero attached hydrogens (tertiary/aromatic N) is 4. The summed E-state index contributed by atoms with van der Waals surface area (Å²) in [5.41, 5.74) is 2.24. The van der Waals surface area contributed by atoms with Gasteiger partial charge in [-0.25, -0.2) is 9.50 Å². The van der Waals surface area contributed by atoms with Crippen molar-refractivity contribution in [2.45, 2.75) is 38.5 Å². The second-order valence-corrected chi connectivity index (χ2v) is 7.13. The Morgan fingerprint density at radius 2 is 2.11 bits per heavy atom. The fraction of sp³-hybridized carbons (Fsp3) is 0.474. The Morgan fingerprint density at radius 1 is 1.32 bits per heavy atom. The number of amides is 1. The molecule has 1 aliphatic rings. The predicted octanol–water partition coefficient (Wildman–Crippen LogP) is 1.67. The standard InChI is InChI=1S/C19H23N5O4/c1-12-9-19(26)24-16(20-12)11-15(21-24)13-5-7-23(8-6-13)18(25)4-3-14-10-17(27-2)22-28-14/h9-11,13,21H,3-8H2,1-2H3. The lowest BCUT2D eigenvalue weighted by molar-refractivity contribution is -0.132. The number of hydrogen-bond donors (Lipinski definition) is 1. The van der Waals surface area contributed by atoms with E-state index in [2.05, 4.69) is 15.2 Å². The maximum absolute atomic E-state index is 12.5. The summed E-state index contributed by atoms with van der Waals surface area (Å²) in [5.74, 6) is 1.46. The average Bonchev–Trinajstić information content (AvgIpc) is 3.33. The molecule has 0 aliphatic carbocycles. The Morgan fingerprint density at radius 3 is 2.82 bits per heavy atom. The van der Waals surface area contributed by atoms with Crippen LogP contribution in [0.4, 0.5) is 0 Å². The number of ether oxygens (including phenoxy) is 1. The fourth-order valence-electron chi connectivity index (χ4n) is 3.67. The van der Waals surface area contributed by atoms with Gasteiger partial charge in [-0.1, -0.05) is 0 Å². The van der Waals surface area contributed by atoms with Crippen molar-refractivity contribution in [1.82, 2.24) is 24.7 Å². The molecule has 1 N–H and O–H groups in total. The first-order chi connectivity index (χ1) is 13.5. The normalized spacial score (nSPS) is 15.3. The number of likely N-dealkylation sites (tertiary alicyclic amines) is 1. The van der Waals surface area contributed by atoms with Gasteiger partial charge in [0.05, 0.1) is 7.11 Å². The van der Waals surface area contributed by atoms with Crippen LogP contribution in [0.25, 0.3) is 5.65 Å². The molecule has 0 atom stereocenters. The van der Waals surface area contributed by atoms with Gasteiger partial charge in [0.15, 0.2) is 5.65 Å². The highest BCUT2D eigenvalue weighted by atomic mass is 16.5. The van der Waals surface area contributed by atoms with Crippen LogP contribution in [0.2, 0.25) is 0 Å². The summed E-state index contributed by atoms with van der Waals surface area (Å²) in [5, 5.41) is 6.91. The molecule has 1 fully saturated rings. The van der Waals surface area contributed by atoms with Crippen LogP contribution in [0.1, 0.15) is 42.3 Å². The van der Waals surface area contributed by atoms with Crippen molar-refractivity contribution in [3.8, 4) is 5.88 Å². The summed E-state index contributed by atoms with van der Waals surface area (Å²) in [6.07, 6.45) is 2.59. The second-order valence-electron chi connectivity index (χ2n) is 7.13. The Labute approximate surface area is 161 Å². The van der Waals surface area contributed by atoms with Crippen molar-refractivity contribution in [1.29, 1.82) is 0 Å². The molecule has 9 nitrogen and oxygen atoms in total. The van der Waals surface area contributed by atoms with E-state index in [1.165, 1.54) is 17.7 Å². The van der Waals surface area contributed by atoms with Crippen LogP contribution in [0.5, 0.6) is 5.88 Å². The molecule has 3 aromatic heterocycles. The van der Waals surface area contributed by atoms with Gasteiger partial charge in [0.2, 0.25) is 5.91 Å². The summed E-state index contributed by atoms with van der Waals surface area (Å²) < 4.78 is 11.6. The van der Waals surface area contributed by atoms with Crippen molar-refractivity contribution in [2.24, 2.45) is 0 Å². The minimum absolute atomic E-state index is 0.106. The molecule has 0 unspecified atom stereocenters. The number of nitrogens with one attached hydrogen (secondary N) is 1. The monoisotopic (exact) mass is 385 g/mol. The van der Waals surface area contributed by atoms with Crippen LogP contribution < -0.4 is 10.3 Å². The Kier molecular flexibility index (Phi) is 4.89. The van der Waals surface area contributed by atoms with E-state index >= 15 is 0 Å². The second kappa shape index (κ2) is 7.49. The van der Waals surface area contributed by atoms with Crippen LogP contribution in [0.3, 0.4) is 0 Å². The van der Waals surface area contributed by atoms with Gasteiger partial charge in [0.1, 0.15) is 5.76 Å². The van der Waals surface area contributed by atoms with Gasteiger partial charge in [-0.3, -0.25) is 14.7 Å². The summed E-state index contributed by atoms with van der Waals surface area (Å²) in [4.78, 5) is 30.8. The number of aryl methyl sites for hydroxylation is 2. The molecule has 0 radical (unpaired) electrons. The number of fused-ring (bicyclic) bond motifs is 1. The molecule has 9 heteroatoms. The van der Waals surface area contributed by atoms with E-state index in [4.69, 9.17) is 9.26 Å². The molecular weight excluding hydrogens is 362 g/mol. The zero-order valence-corrected chi connectivity index (χ0v) is 16.0. The van der Waals surface area contributed by atoms with Gasteiger partial charge in [0.25, 0.3) is 11.4 Å². The number of rotatable bonds is 5. The predicted molar refractivity (Wildman–Crippen MR) is 100 cm³/mol. The van der Waals surface area contributed by atoms with Crippen LogP contribution in [-0.2, 0) is 11.2 Å². The van der Waals surface area contributed by atoms with E-state index in [0.29, 0.717) is 48.9 Å². The highest BCUT2D eigenvalue weighted by Gasteiger charge is 2.25. The molecule has 4 heterocycles. The Hall–Kier alpha value is -3.10. The Balaban J connectivity index is 1.34. The fourth-order valence-corrected chi connectivity index (χ4v) is 3.67. The third-order valence-electron chi connectivity index (χ3n) is 5.22. The van der Waals surface area contributed by atoms with Crippen molar-refractivity contribution in [3.63, 3.8) is 0 Å². The molecule has 148 valence electrons. The van der Waals surface area contributed by atoms with Gasteiger partial charge in [-0.2, -0.15) is 0 Å². The van der Waals surface area contributed by atoms with Crippen molar-refractivity contribution < 1.29 is 14.1 Å². The molecule has 1 amide bonds.